The predicted octanol–water partition coefficient (Wildman–Crippen LogP) is 4.61. The fourth-order valence-electron chi connectivity index (χ4n) is 6.85. The van der Waals surface area contributed by atoms with Crippen molar-refractivity contribution in [2.75, 3.05) is 13.1 Å². The second-order valence-corrected chi connectivity index (χ2v) is 9.18. The maximum absolute atomic E-state index is 13.4. The molecule has 6 rings (SSSR count). The highest BCUT2D eigenvalue weighted by Gasteiger charge is 2.55. The van der Waals surface area contributed by atoms with Crippen LogP contribution >= 0.6 is 0 Å². The van der Waals surface area contributed by atoms with Gasteiger partial charge in [0.25, 0.3) is 0 Å². The van der Waals surface area contributed by atoms with Crippen LogP contribution in [0.4, 0.5) is 0 Å². The SMILES string of the molecule is O=C(N1CCC(c2ccccc2)CC1)C12CC3CC(CC(C3)C1)C2. The fourth-order valence-corrected chi connectivity index (χ4v) is 6.85. The summed E-state index contributed by atoms with van der Waals surface area (Å²) < 4.78 is 0. The van der Waals surface area contributed by atoms with E-state index < -0.39 is 0 Å². The van der Waals surface area contributed by atoms with E-state index in [1.807, 2.05) is 0 Å². The minimum Gasteiger partial charge on any atom is -0.342 e. The Morgan fingerprint density at radius 2 is 1.42 bits per heavy atom. The quantitative estimate of drug-likeness (QED) is 0.778. The van der Waals surface area contributed by atoms with E-state index in [1.165, 1.54) is 44.1 Å². The Balaban J connectivity index is 1.28. The summed E-state index contributed by atoms with van der Waals surface area (Å²) in [6.07, 6.45) is 10.2. The molecule has 1 aromatic rings. The lowest BCUT2D eigenvalue weighted by molar-refractivity contribution is -0.158. The Labute approximate surface area is 145 Å². The number of carbonyl (C=O) groups excluding carboxylic acids is 1. The lowest BCUT2D eigenvalue weighted by Crippen LogP contribution is -2.55. The van der Waals surface area contributed by atoms with E-state index in [9.17, 15) is 4.79 Å². The number of benzene rings is 1. The van der Waals surface area contributed by atoms with Crippen LogP contribution in [0.5, 0.6) is 0 Å². The average Bonchev–Trinajstić information content (AvgIpc) is 2.61. The van der Waals surface area contributed by atoms with Crippen molar-refractivity contribution in [1.82, 2.24) is 4.90 Å². The Morgan fingerprint density at radius 3 is 1.96 bits per heavy atom. The van der Waals surface area contributed by atoms with Gasteiger partial charge >= 0.3 is 0 Å². The van der Waals surface area contributed by atoms with Crippen LogP contribution < -0.4 is 0 Å². The van der Waals surface area contributed by atoms with Crippen molar-refractivity contribution in [3.8, 4) is 0 Å². The van der Waals surface area contributed by atoms with Crippen molar-refractivity contribution in [3.63, 3.8) is 0 Å². The third-order valence-electron chi connectivity index (χ3n) is 7.55. The number of likely N-dealkylation sites (tertiary alicyclic amines) is 1. The molecule has 5 aliphatic rings. The number of hydrogen-bond donors (Lipinski definition) is 0. The van der Waals surface area contributed by atoms with Gasteiger partial charge in [-0.2, -0.15) is 0 Å². The topological polar surface area (TPSA) is 20.3 Å². The summed E-state index contributed by atoms with van der Waals surface area (Å²) in [5.41, 5.74) is 1.51. The van der Waals surface area contributed by atoms with Crippen LogP contribution in [-0.2, 0) is 4.79 Å². The number of carbonyl (C=O) groups is 1. The molecule has 1 saturated heterocycles. The molecule has 0 N–H and O–H groups in total. The van der Waals surface area contributed by atoms with Gasteiger partial charge in [-0.05, 0) is 80.6 Å². The van der Waals surface area contributed by atoms with Crippen molar-refractivity contribution in [3.05, 3.63) is 35.9 Å². The molecule has 1 amide bonds. The van der Waals surface area contributed by atoms with E-state index in [-0.39, 0.29) is 5.41 Å². The van der Waals surface area contributed by atoms with E-state index in [0.29, 0.717) is 11.8 Å². The first-order chi connectivity index (χ1) is 11.7. The van der Waals surface area contributed by atoms with Gasteiger partial charge in [0.1, 0.15) is 0 Å². The molecule has 1 aliphatic heterocycles. The number of piperidine rings is 1. The largest absolute Gasteiger partial charge is 0.342 e. The first kappa shape index (κ1) is 15.0. The van der Waals surface area contributed by atoms with Crippen molar-refractivity contribution in [2.24, 2.45) is 23.2 Å². The maximum atomic E-state index is 13.4. The zero-order valence-electron chi connectivity index (χ0n) is 14.6. The van der Waals surface area contributed by atoms with Gasteiger partial charge in [0.05, 0.1) is 5.41 Å². The molecule has 0 spiro atoms. The van der Waals surface area contributed by atoms with Crippen LogP contribution in [0, 0.1) is 23.2 Å². The Hall–Kier alpha value is -1.31. The molecule has 4 saturated carbocycles. The number of rotatable bonds is 2. The van der Waals surface area contributed by atoms with Crippen LogP contribution in [0.15, 0.2) is 30.3 Å². The maximum Gasteiger partial charge on any atom is 0.228 e. The van der Waals surface area contributed by atoms with E-state index >= 15 is 0 Å². The molecule has 0 aromatic heterocycles. The molecule has 4 aliphatic carbocycles. The first-order valence-electron chi connectivity index (χ1n) is 10.1. The molecule has 24 heavy (non-hydrogen) atoms. The molecule has 0 unspecified atom stereocenters. The third kappa shape index (κ3) is 2.41. The van der Waals surface area contributed by atoms with Gasteiger partial charge in [0, 0.05) is 13.1 Å². The standard InChI is InChI=1S/C22H29NO/c24-21(22-13-16-10-17(14-22)12-18(11-16)15-22)23-8-6-20(7-9-23)19-4-2-1-3-5-19/h1-5,16-18,20H,6-15H2. The van der Waals surface area contributed by atoms with Crippen LogP contribution in [-0.4, -0.2) is 23.9 Å². The van der Waals surface area contributed by atoms with Gasteiger partial charge in [-0.1, -0.05) is 30.3 Å². The monoisotopic (exact) mass is 323 g/mol. The zero-order valence-corrected chi connectivity index (χ0v) is 14.6. The molecule has 2 nitrogen and oxygen atoms in total. The van der Waals surface area contributed by atoms with E-state index in [0.717, 1.165) is 43.7 Å². The molecule has 1 aromatic carbocycles. The molecule has 2 heteroatoms. The highest BCUT2D eigenvalue weighted by Crippen LogP contribution is 2.60. The summed E-state index contributed by atoms with van der Waals surface area (Å²) in [7, 11) is 0. The molecule has 0 atom stereocenters. The normalized spacial score (nSPS) is 38.5. The molecule has 128 valence electrons. The minimum atomic E-state index is 0.0499. The fraction of sp³-hybridized carbons (Fsp3) is 0.682. The van der Waals surface area contributed by atoms with Crippen LogP contribution in [0.2, 0.25) is 0 Å². The summed E-state index contributed by atoms with van der Waals surface area (Å²) in [5, 5.41) is 0. The van der Waals surface area contributed by atoms with Gasteiger partial charge < -0.3 is 4.90 Å². The van der Waals surface area contributed by atoms with E-state index in [1.54, 1.807) is 0 Å². The van der Waals surface area contributed by atoms with E-state index in [2.05, 4.69) is 35.2 Å². The second-order valence-electron chi connectivity index (χ2n) is 9.18. The van der Waals surface area contributed by atoms with Gasteiger partial charge in [0.2, 0.25) is 5.91 Å². The Bertz CT molecular complexity index is 579. The summed E-state index contributed by atoms with van der Waals surface area (Å²) in [5.74, 6) is 3.77. The second kappa shape index (κ2) is 5.61. The van der Waals surface area contributed by atoms with Crippen molar-refractivity contribution >= 4 is 5.91 Å². The molecule has 0 radical (unpaired) electrons. The molecule has 1 heterocycles. The zero-order chi connectivity index (χ0) is 16.1. The summed E-state index contributed by atoms with van der Waals surface area (Å²) >= 11 is 0. The van der Waals surface area contributed by atoms with E-state index in [4.69, 9.17) is 0 Å². The van der Waals surface area contributed by atoms with Gasteiger partial charge in [0.15, 0.2) is 0 Å². The van der Waals surface area contributed by atoms with Gasteiger partial charge in [-0.15, -0.1) is 0 Å². The summed E-state index contributed by atoms with van der Waals surface area (Å²) in [6, 6.07) is 10.9. The smallest absolute Gasteiger partial charge is 0.228 e. The molecule has 5 fully saturated rings. The van der Waals surface area contributed by atoms with Crippen LogP contribution in [0.25, 0.3) is 0 Å². The highest BCUT2D eigenvalue weighted by molar-refractivity contribution is 5.83. The van der Waals surface area contributed by atoms with Crippen molar-refractivity contribution < 1.29 is 4.79 Å². The Kier molecular flexibility index (Phi) is 3.50. The van der Waals surface area contributed by atoms with Crippen molar-refractivity contribution in [1.29, 1.82) is 0 Å². The lowest BCUT2D eigenvalue weighted by atomic mass is 9.49. The number of nitrogens with zero attached hydrogens (tertiary/aromatic N) is 1. The minimum absolute atomic E-state index is 0.0499. The lowest BCUT2D eigenvalue weighted by Gasteiger charge is -2.57. The molecular weight excluding hydrogens is 294 g/mol. The number of hydrogen-bond acceptors (Lipinski definition) is 1. The summed E-state index contributed by atoms with van der Waals surface area (Å²) in [4.78, 5) is 15.7. The van der Waals surface area contributed by atoms with Gasteiger partial charge in [-0.25, -0.2) is 0 Å². The van der Waals surface area contributed by atoms with Gasteiger partial charge in [-0.3, -0.25) is 4.79 Å². The van der Waals surface area contributed by atoms with Crippen molar-refractivity contribution in [2.45, 2.75) is 57.3 Å². The summed E-state index contributed by atoms with van der Waals surface area (Å²) in [6.45, 7) is 1.94. The molecule has 4 bridgehead atoms. The average molecular weight is 323 g/mol. The van der Waals surface area contributed by atoms with Crippen LogP contribution in [0.3, 0.4) is 0 Å². The Morgan fingerprint density at radius 1 is 0.875 bits per heavy atom. The third-order valence-corrected chi connectivity index (χ3v) is 7.55. The highest BCUT2D eigenvalue weighted by atomic mass is 16.2. The van der Waals surface area contributed by atoms with Crippen LogP contribution in [0.1, 0.15) is 62.8 Å². The molecular formula is C22H29NO. The predicted molar refractivity (Wildman–Crippen MR) is 95.6 cm³/mol. The number of amides is 1. The first-order valence-corrected chi connectivity index (χ1v) is 10.1.